The Hall–Kier alpha value is -4.08. The Balaban J connectivity index is 1.07. The van der Waals surface area contributed by atoms with E-state index in [0.717, 1.165) is 52.5 Å². The number of likely N-dealkylation sites (tertiary alicyclic amines) is 1. The number of halogens is 2. The van der Waals surface area contributed by atoms with Crippen molar-refractivity contribution in [3.05, 3.63) is 89.6 Å². The fourth-order valence-electron chi connectivity index (χ4n) is 5.23. The summed E-state index contributed by atoms with van der Waals surface area (Å²) in [6, 6.07) is 18.9. The van der Waals surface area contributed by atoms with Crippen LogP contribution in [0.3, 0.4) is 0 Å². The maximum absolute atomic E-state index is 13.5. The molecule has 8 nitrogen and oxygen atoms in total. The molecule has 1 N–H and O–H groups in total. The molecule has 0 unspecified atom stereocenters. The van der Waals surface area contributed by atoms with Crippen LogP contribution >= 0.6 is 11.6 Å². The molecule has 1 aliphatic carbocycles. The minimum atomic E-state index is -0.300. The summed E-state index contributed by atoms with van der Waals surface area (Å²) >= 11 is 6.51. The lowest BCUT2D eigenvalue weighted by atomic mass is 9.88. The molecule has 0 radical (unpaired) electrons. The summed E-state index contributed by atoms with van der Waals surface area (Å²) in [6.07, 6.45) is 7.57. The monoisotopic (exact) mass is 555 g/mol. The number of anilines is 2. The maximum atomic E-state index is 13.5. The lowest BCUT2D eigenvalue weighted by Gasteiger charge is -2.47. The van der Waals surface area contributed by atoms with Crippen LogP contribution < -0.4 is 10.1 Å². The average Bonchev–Trinajstić information content (AvgIpc) is 3.38. The normalized spacial score (nSPS) is 16.1. The van der Waals surface area contributed by atoms with E-state index in [-0.39, 0.29) is 12.4 Å². The number of nitrogens with one attached hydrogen (secondary N) is 1. The van der Waals surface area contributed by atoms with Crippen LogP contribution in [-0.2, 0) is 6.61 Å². The second-order valence-corrected chi connectivity index (χ2v) is 10.8. The van der Waals surface area contributed by atoms with Gasteiger partial charge in [0.05, 0.1) is 22.8 Å². The molecule has 0 spiro atoms. The summed E-state index contributed by atoms with van der Waals surface area (Å²) in [4.78, 5) is 11.5. The van der Waals surface area contributed by atoms with Crippen molar-refractivity contribution in [1.29, 1.82) is 0 Å². The molecule has 2 aromatic heterocycles. The van der Waals surface area contributed by atoms with Gasteiger partial charge in [0, 0.05) is 35.8 Å². The Bertz CT molecular complexity index is 1680. The first-order valence-corrected chi connectivity index (χ1v) is 13.8. The van der Waals surface area contributed by atoms with Crippen LogP contribution in [0.15, 0.2) is 73.2 Å². The number of ether oxygens (including phenoxy) is 1. The van der Waals surface area contributed by atoms with Gasteiger partial charge in [-0.15, -0.1) is 5.10 Å². The van der Waals surface area contributed by atoms with Gasteiger partial charge in [-0.1, -0.05) is 41.4 Å². The van der Waals surface area contributed by atoms with Gasteiger partial charge >= 0.3 is 0 Å². The topological polar surface area (TPSA) is 81.0 Å². The first-order valence-electron chi connectivity index (χ1n) is 13.4. The van der Waals surface area contributed by atoms with Crippen molar-refractivity contribution in [2.24, 2.45) is 0 Å². The van der Waals surface area contributed by atoms with Crippen LogP contribution in [0.25, 0.3) is 22.2 Å². The summed E-state index contributed by atoms with van der Waals surface area (Å²) in [5.41, 5.74) is 4.06. The second kappa shape index (κ2) is 10.5. The van der Waals surface area contributed by atoms with Gasteiger partial charge in [0.15, 0.2) is 0 Å². The van der Waals surface area contributed by atoms with E-state index in [1.807, 2.05) is 35.1 Å². The Kier molecular flexibility index (Phi) is 6.53. The number of nitrogens with zero attached hydrogens (tertiary/aromatic N) is 6. The molecular formula is C30H27ClFN7O. The van der Waals surface area contributed by atoms with Gasteiger partial charge in [-0.25, -0.2) is 19.0 Å². The van der Waals surface area contributed by atoms with E-state index in [2.05, 4.69) is 30.5 Å². The molecule has 1 aliphatic heterocycles. The lowest BCUT2D eigenvalue weighted by Crippen LogP contribution is -2.54. The summed E-state index contributed by atoms with van der Waals surface area (Å²) in [6.45, 7) is 2.31. The summed E-state index contributed by atoms with van der Waals surface area (Å²) in [7, 11) is 0. The molecular weight excluding hydrogens is 529 g/mol. The molecule has 202 valence electrons. The Morgan fingerprint density at radius 1 is 1.00 bits per heavy atom. The highest BCUT2D eigenvalue weighted by atomic mass is 35.5. The van der Waals surface area contributed by atoms with Gasteiger partial charge in [-0.2, -0.15) is 0 Å². The lowest BCUT2D eigenvalue weighted by molar-refractivity contribution is 0.0174. The van der Waals surface area contributed by atoms with Crippen LogP contribution in [0, 0.1) is 5.82 Å². The van der Waals surface area contributed by atoms with Crippen LogP contribution in [0.1, 0.15) is 30.9 Å². The first kappa shape index (κ1) is 24.9. The van der Waals surface area contributed by atoms with Crippen molar-refractivity contribution in [2.75, 3.05) is 18.4 Å². The molecule has 1 saturated heterocycles. The summed E-state index contributed by atoms with van der Waals surface area (Å²) < 4.78 is 21.3. The van der Waals surface area contributed by atoms with Crippen LogP contribution in [-0.4, -0.2) is 49.0 Å². The number of rotatable bonds is 8. The molecule has 0 bridgehead atoms. The number of hydrogen-bond acceptors (Lipinski definition) is 7. The van der Waals surface area contributed by atoms with Crippen molar-refractivity contribution in [3.8, 4) is 17.0 Å². The Labute approximate surface area is 235 Å². The molecule has 3 aromatic carbocycles. The summed E-state index contributed by atoms with van der Waals surface area (Å²) in [5, 5.41) is 13.5. The van der Waals surface area contributed by atoms with E-state index in [4.69, 9.17) is 16.3 Å². The third-order valence-corrected chi connectivity index (χ3v) is 8.07. The molecule has 7 rings (SSSR count). The van der Waals surface area contributed by atoms with Gasteiger partial charge < -0.3 is 10.1 Å². The maximum Gasteiger partial charge on any atom is 0.141 e. The van der Waals surface area contributed by atoms with E-state index < -0.39 is 0 Å². The van der Waals surface area contributed by atoms with Crippen LogP contribution in [0.2, 0.25) is 5.02 Å². The SMILES string of the molecule is Fc1cccc(COc2ccc(Nc3ncnc4ccc(-c5cn(C6CN(C7CCC7)C6)nn5)cc34)cc2Cl)c1. The smallest absolute Gasteiger partial charge is 0.141 e. The number of fused-ring (bicyclic) bond motifs is 1. The number of hydrogen-bond donors (Lipinski definition) is 1. The largest absolute Gasteiger partial charge is 0.487 e. The van der Waals surface area contributed by atoms with Gasteiger partial charge in [0.25, 0.3) is 0 Å². The zero-order valence-electron chi connectivity index (χ0n) is 21.7. The average molecular weight is 556 g/mol. The van der Waals surface area contributed by atoms with E-state index in [0.29, 0.717) is 22.6 Å². The van der Waals surface area contributed by atoms with Crippen molar-refractivity contribution in [1.82, 2.24) is 29.9 Å². The van der Waals surface area contributed by atoms with Crippen molar-refractivity contribution < 1.29 is 9.13 Å². The highest BCUT2D eigenvalue weighted by Gasteiger charge is 2.36. The van der Waals surface area contributed by atoms with Gasteiger partial charge in [0.2, 0.25) is 0 Å². The van der Waals surface area contributed by atoms with Crippen molar-refractivity contribution >= 4 is 34.0 Å². The van der Waals surface area contributed by atoms with Crippen molar-refractivity contribution in [3.63, 3.8) is 0 Å². The zero-order chi connectivity index (χ0) is 27.1. The quantitative estimate of drug-likeness (QED) is 0.237. The third-order valence-electron chi connectivity index (χ3n) is 7.78. The fourth-order valence-corrected chi connectivity index (χ4v) is 5.46. The third kappa shape index (κ3) is 4.98. The molecule has 2 aliphatic rings. The second-order valence-electron chi connectivity index (χ2n) is 10.4. The van der Waals surface area contributed by atoms with E-state index in [9.17, 15) is 4.39 Å². The minimum absolute atomic E-state index is 0.216. The number of benzene rings is 3. The van der Waals surface area contributed by atoms with Gasteiger partial charge in [0.1, 0.15) is 36.0 Å². The van der Waals surface area contributed by atoms with E-state index >= 15 is 0 Å². The molecule has 2 fully saturated rings. The molecule has 1 saturated carbocycles. The van der Waals surface area contributed by atoms with Crippen molar-refractivity contribution in [2.45, 2.75) is 38.0 Å². The zero-order valence-corrected chi connectivity index (χ0v) is 22.4. The van der Waals surface area contributed by atoms with Crippen LogP contribution in [0.5, 0.6) is 5.75 Å². The predicted molar refractivity (Wildman–Crippen MR) is 152 cm³/mol. The van der Waals surface area contributed by atoms with Gasteiger partial charge in [-0.05, 0) is 60.9 Å². The molecule has 5 aromatic rings. The summed E-state index contributed by atoms with van der Waals surface area (Å²) in [5.74, 6) is 0.862. The molecule has 0 atom stereocenters. The molecule has 3 heterocycles. The minimum Gasteiger partial charge on any atom is -0.487 e. The first-order chi connectivity index (χ1) is 19.6. The fraction of sp³-hybridized carbons (Fsp3) is 0.267. The van der Waals surface area contributed by atoms with Crippen LogP contribution in [0.4, 0.5) is 15.9 Å². The molecule has 40 heavy (non-hydrogen) atoms. The Morgan fingerprint density at radius 3 is 2.70 bits per heavy atom. The Morgan fingerprint density at radius 2 is 1.90 bits per heavy atom. The molecule has 10 heteroatoms. The van der Waals surface area contributed by atoms with E-state index in [1.54, 1.807) is 24.3 Å². The van der Waals surface area contributed by atoms with Gasteiger partial charge in [-0.3, -0.25) is 4.90 Å². The standard InChI is InChI=1S/C30H27ClFN7O/c31-26-13-22(8-10-29(26)40-17-19-3-1-4-21(32)11-19)35-30-25-12-20(7-9-27(25)33-18-34-30)28-16-39(37-36-28)24-14-38(15-24)23-5-2-6-23/h1,3-4,7-13,16,18,23-24H,2,5-6,14-15,17H2,(H,33,34,35). The highest BCUT2D eigenvalue weighted by molar-refractivity contribution is 6.32. The number of aromatic nitrogens is 5. The van der Waals surface area contributed by atoms with E-state index in [1.165, 1.54) is 37.7 Å². The predicted octanol–water partition coefficient (Wildman–Crippen LogP) is 6.41. The highest BCUT2D eigenvalue weighted by Crippen LogP contribution is 2.34. The molecule has 0 amide bonds.